The van der Waals surface area contributed by atoms with Crippen LogP contribution in [-0.4, -0.2) is 59.3 Å². The fourth-order valence-electron chi connectivity index (χ4n) is 3.06. The lowest BCUT2D eigenvalue weighted by molar-refractivity contribution is -0.122. The quantitative estimate of drug-likeness (QED) is 0.887. The second-order valence-electron chi connectivity index (χ2n) is 6.42. The van der Waals surface area contributed by atoms with E-state index in [1.54, 1.807) is 24.5 Å². The van der Waals surface area contributed by atoms with Crippen molar-refractivity contribution < 1.29 is 9.59 Å². The topological polar surface area (TPSA) is 65.5 Å². The summed E-state index contributed by atoms with van der Waals surface area (Å²) in [5, 5.41) is 2.96. The Morgan fingerprint density at radius 2 is 1.73 bits per heavy atom. The van der Waals surface area contributed by atoms with Crippen LogP contribution in [0.5, 0.6) is 0 Å². The monoisotopic (exact) mass is 352 g/mol. The Labute approximate surface area is 153 Å². The molecular formula is C20H24N4O2. The summed E-state index contributed by atoms with van der Waals surface area (Å²) >= 11 is 0. The zero-order chi connectivity index (χ0) is 18.2. The average molecular weight is 352 g/mol. The third kappa shape index (κ3) is 5.13. The van der Waals surface area contributed by atoms with E-state index in [2.05, 4.69) is 15.2 Å². The Hall–Kier alpha value is -2.73. The van der Waals surface area contributed by atoms with Crippen molar-refractivity contribution in [2.24, 2.45) is 0 Å². The van der Waals surface area contributed by atoms with E-state index in [9.17, 15) is 9.59 Å². The van der Waals surface area contributed by atoms with Gasteiger partial charge in [-0.25, -0.2) is 0 Å². The number of aromatic nitrogens is 1. The van der Waals surface area contributed by atoms with Gasteiger partial charge in [0.2, 0.25) is 5.91 Å². The van der Waals surface area contributed by atoms with Crippen molar-refractivity contribution >= 4 is 11.8 Å². The highest BCUT2D eigenvalue weighted by Crippen LogP contribution is 2.08. The molecule has 136 valence electrons. The summed E-state index contributed by atoms with van der Waals surface area (Å²) in [5.74, 6) is 0.0468. The molecule has 1 N–H and O–H groups in total. The maximum absolute atomic E-state index is 12.5. The van der Waals surface area contributed by atoms with Crippen LogP contribution in [0.3, 0.4) is 0 Å². The second kappa shape index (κ2) is 9.10. The van der Waals surface area contributed by atoms with Gasteiger partial charge in [0.1, 0.15) is 0 Å². The molecule has 1 aromatic carbocycles. The van der Waals surface area contributed by atoms with Crippen LogP contribution in [0.15, 0.2) is 54.9 Å². The molecule has 0 radical (unpaired) electrons. The van der Waals surface area contributed by atoms with Gasteiger partial charge in [-0.15, -0.1) is 0 Å². The third-order valence-corrected chi connectivity index (χ3v) is 4.50. The van der Waals surface area contributed by atoms with Crippen molar-refractivity contribution in [1.82, 2.24) is 20.1 Å². The number of hydrogen-bond donors (Lipinski definition) is 1. The first-order chi connectivity index (χ1) is 12.7. The molecule has 0 bridgehead atoms. The predicted octanol–water partition coefficient (Wildman–Crippen LogP) is 1.55. The Kier molecular flexibility index (Phi) is 6.33. The molecule has 6 nitrogen and oxygen atoms in total. The minimum Gasteiger partial charge on any atom is -0.351 e. The van der Waals surface area contributed by atoms with Crippen LogP contribution in [0.25, 0.3) is 0 Å². The number of carbonyl (C=O) groups excluding carboxylic acids is 2. The summed E-state index contributed by atoms with van der Waals surface area (Å²) in [4.78, 5) is 32.7. The summed E-state index contributed by atoms with van der Waals surface area (Å²) in [5.41, 5.74) is 1.75. The molecule has 2 amide bonds. The highest BCUT2D eigenvalue weighted by Gasteiger charge is 2.21. The first-order valence-electron chi connectivity index (χ1n) is 8.94. The van der Waals surface area contributed by atoms with E-state index >= 15 is 0 Å². The predicted molar refractivity (Wildman–Crippen MR) is 99.5 cm³/mol. The fourth-order valence-corrected chi connectivity index (χ4v) is 3.06. The first kappa shape index (κ1) is 18.1. The smallest absolute Gasteiger partial charge is 0.254 e. The van der Waals surface area contributed by atoms with E-state index in [4.69, 9.17) is 0 Å². The summed E-state index contributed by atoms with van der Waals surface area (Å²) in [6, 6.07) is 13.4. The fraction of sp³-hybridized carbons (Fsp3) is 0.350. The standard InChI is InChI=1S/C20H24N4O2/c25-19(22-15-17-5-2-1-3-6-17)16-23-11-4-12-24(14-13-23)20(26)18-7-9-21-10-8-18/h1-3,5-10H,4,11-16H2,(H,22,25). The van der Waals surface area contributed by atoms with Gasteiger partial charge >= 0.3 is 0 Å². The number of amides is 2. The van der Waals surface area contributed by atoms with E-state index in [0.717, 1.165) is 18.5 Å². The average Bonchev–Trinajstić information content (AvgIpc) is 2.93. The zero-order valence-electron chi connectivity index (χ0n) is 14.8. The largest absolute Gasteiger partial charge is 0.351 e. The zero-order valence-corrected chi connectivity index (χ0v) is 14.8. The van der Waals surface area contributed by atoms with Gasteiger partial charge < -0.3 is 10.2 Å². The molecule has 1 aliphatic heterocycles. The number of benzene rings is 1. The Morgan fingerprint density at radius 3 is 2.50 bits per heavy atom. The molecule has 2 heterocycles. The molecule has 0 spiro atoms. The maximum Gasteiger partial charge on any atom is 0.254 e. The van der Waals surface area contributed by atoms with Gasteiger partial charge in [0, 0.05) is 50.7 Å². The highest BCUT2D eigenvalue weighted by molar-refractivity contribution is 5.94. The molecule has 26 heavy (non-hydrogen) atoms. The van der Waals surface area contributed by atoms with Gasteiger partial charge in [-0.3, -0.25) is 19.5 Å². The Bertz CT molecular complexity index is 721. The van der Waals surface area contributed by atoms with Crippen LogP contribution in [0.1, 0.15) is 22.3 Å². The van der Waals surface area contributed by atoms with Crippen molar-refractivity contribution in [3.8, 4) is 0 Å². The molecule has 1 aromatic heterocycles. The lowest BCUT2D eigenvalue weighted by atomic mass is 10.2. The molecule has 6 heteroatoms. The molecule has 2 aromatic rings. The molecule has 1 saturated heterocycles. The van der Waals surface area contributed by atoms with Gasteiger partial charge in [0.05, 0.1) is 6.54 Å². The van der Waals surface area contributed by atoms with Crippen LogP contribution in [0.4, 0.5) is 0 Å². The molecule has 1 aliphatic rings. The van der Waals surface area contributed by atoms with Crippen molar-refractivity contribution in [1.29, 1.82) is 0 Å². The first-order valence-corrected chi connectivity index (χ1v) is 8.94. The number of nitrogens with one attached hydrogen (secondary N) is 1. The van der Waals surface area contributed by atoms with Crippen LogP contribution in [0.2, 0.25) is 0 Å². The summed E-state index contributed by atoms with van der Waals surface area (Å²) in [6.45, 7) is 3.77. The SMILES string of the molecule is O=C(CN1CCCN(C(=O)c2ccncc2)CC1)NCc1ccccc1. The van der Waals surface area contributed by atoms with Gasteiger partial charge in [-0.2, -0.15) is 0 Å². The molecule has 0 saturated carbocycles. The molecule has 0 unspecified atom stereocenters. The summed E-state index contributed by atoms with van der Waals surface area (Å²) in [6.07, 6.45) is 4.13. The molecule has 0 atom stereocenters. The highest BCUT2D eigenvalue weighted by atomic mass is 16.2. The van der Waals surface area contributed by atoms with Crippen LogP contribution >= 0.6 is 0 Å². The summed E-state index contributed by atoms with van der Waals surface area (Å²) < 4.78 is 0. The van der Waals surface area contributed by atoms with E-state index < -0.39 is 0 Å². The number of carbonyl (C=O) groups is 2. The molecule has 3 rings (SSSR count). The number of rotatable bonds is 5. The van der Waals surface area contributed by atoms with Gasteiger partial charge in [-0.1, -0.05) is 30.3 Å². The third-order valence-electron chi connectivity index (χ3n) is 4.50. The number of hydrogen-bond acceptors (Lipinski definition) is 4. The van der Waals surface area contributed by atoms with E-state index in [1.807, 2.05) is 35.2 Å². The van der Waals surface area contributed by atoms with Gasteiger partial charge in [-0.05, 0) is 24.1 Å². The van der Waals surface area contributed by atoms with Crippen LogP contribution < -0.4 is 5.32 Å². The second-order valence-corrected chi connectivity index (χ2v) is 6.42. The molecule has 1 fully saturated rings. The van der Waals surface area contributed by atoms with E-state index in [0.29, 0.717) is 38.3 Å². The van der Waals surface area contributed by atoms with Crippen molar-refractivity contribution in [3.05, 3.63) is 66.0 Å². The number of pyridine rings is 1. The van der Waals surface area contributed by atoms with Crippen molar-refractivity contribution in [2.75, 3.05) is 32.7 Å². The van der Waals surface area contributed by atoms with Crippen LogP contribution in [0, 0.1) is 0 Å². The van der Waals surface area contributed by atoms with Crippen LogP contribution in [-0.2, 0) is 11.3 Å². The van der Waals surface area contributed by atoms with Crippen molar-refractivity contribution in [3.63, 3.8) is 0 Å². The van der Waals surface area contributed by atoms with E-state index in [-0.39, 0.29) is 11.8 Å². The molecular weight excluding hydrogens is 328 g/mol. The van der Waals surface area contributed by atoms with Gasteiger partial charge in [0.15, 0.2) is 0 Å². The molecule has 0 aliphatic carbocycles. The minimum absolute atomic E-state index is 0.0164. The maximum atomic E-state index is 12.5. The number of nitrogens with zero attached hydrogens (tertiary/aromatic N) is 3. The normalized spacial score (nSPS) is 15.3. The summed E-state index contributed by atoms with van der Waals surface area (Å²) in [7, 11) is 0. The van der Waals surface area contributed by atoms with Gasteiger partial charge in [0.25, 0.3) is 5.91 Å². The minimum atomic E-state index is 0.0164. The lowest BCUT2D eigenvalue weighted by Gasteiger charge is -2.21. The van der Waals surface area contributed by atoms with E-state index in [1.165, 1.54) is 0 Å². The van der Waals surface area contributed by atoms with Crippen molar-refractivity contribution in [2.45, 2.75) is 13.0 Å². The lowest BCUT2D eigenvalue weighted by Crippen LogP contribution is -2.39. The Morgan fingerprint density at radius 1 is 0.962 bits per heavy atom. The Balaban J connectivity index is 1.46.